The normalized spacial score (nSPS) is 13.4. The first-order valence-electron chi connectivity index (χ1n) is 9.44. The highest BCUT2D eigenvalue weighted by Gasteiger charge is 2.13. The minimum atomic E-state index is -0.0317. The summed E-state index contributed by atoms with van der Waals surface area (Å²) < 4.78 is 0. The second kappa shape index (κ2) is 9.05. The number of amides is 1. The van der Waals surface area contributed by atoms with Gasteiger partial charge in [-0.1, -0.05) is 38.1 Å². The molecule has 0 saturated heterocycles. The summed E-state index contributed by atoms with van der Waals surface area (Å²) in [4.78, 5) is 12.4. The fourth-order valence-electron chi connectivity index (χ4n) is 2.97. The van der Waals surface area contributed by atoms with Crippen LogP contribution in [0.5, 0.6) is 0 Å². The number of hydrogen-bond donors (Lipinski definition) is 4. The molecule has 0 radical (unpaired) electrons. The Labute approximate surface area is 160 Å². The summed E-state index contributed by atoms with van der Waals surface area (Å²) in [5.74, 6) is 0.836. The van der Waals surface area contributed by atoms with Crippen LogP contribution in [0, 0.1) is 0 Å². The van der Waals surface area contributed by atoms with Crippen LogP contribution in [0.2, 0.25) is 0 Å². The summed E-state index contributed by atoms with van der Waals surface area (Å²) in [6, 6.07) is 18.0. The van der Waals surface area contributed by atoms with Gasteiger partial charge in [0.2, 0.25) is 0 Å². The van der Waals surface area contributed by atoms with Crippen molar-refractivity contribution < 1.29 is 10.2 Å². The Morgan fingerprint density at radius 1 is 1.04 bits per heavy atom. The van der Waals surface area contributed by atoms with Crippen molar-refractivity contribution >= 4 is 17.3 Å². The second-order valence-electron chi connectivity index (χ2n) is 6.55. The Balaban J connectivity index is 1.67. The maximum Gasteiger partial charge on any atom is 0.251 e. The van der Waals surface area contributed by atoms with Crippen LogP contribution in [0.1, 0.15) is 42.6 Å². The van der Waals surface area contributed by atoms with E-state index in [4.69, 9.17) is 0 Å². The smallest absolute Gasteiger partial charge is 0.251 e. The Morgan fingerprint density at radius 2 is 1.81 bits per heavy atom. The van der Waals surface area contributed by atoms with Crippen LogP contribution in [0.15, 0.2) is 72.6 Å². The monoisotopic (exact) mass is 363 g/mol. The number of quaternary nitrogens is 1. The molecule has 0 unspecified atom stereocenters. The van der Waals surface area contributed by atoms with Crippen LogP contribution in [-0.2, 0) is 0 Å². The number of nitrogens with two attached hydrogens (primary N) is 1. The Kier molecular flexibility index (Phi) is 6.28. The van der Waals surface area contributed by atoms with E-state index in [0.717, 1.165) is 30.0 Å². The van der Waals surface area contributed by atoms with E-state index in [2.05, 4.69) is 48.1 Å². The first-order valence-corrected chi connectivity index (χ1v) is 9.44. The molecule has 0 aliphatic carbocycles. The van der Waals surface area contributed by atoms with Crippen molar-refractivity contribution in [1.29, 1.82) is 0 Å². The molecule has 140 valence electrons. The molecular formula is C22H27N4O+. The zero-order valence-corrected chi connectivity index (χ0v) is 15.8. The molecule has 5 nitrogen and oxygen atoms in total. The van der Waals surface area contributed by atoms with Gasteiger partial charge in [-0.25, -0.2) is 10.9 Å². The van der Waals surface area contributed by atoms with Crippen molar-refractivity contribution in [2.45, 2.75) is 32.7 Å². The lowest BCUT2D eigenvalue weighted by molar-refractivity contribution is -0.618. The van der Waals surface area contributed by atoms with Gasteiger partial charge < -0.3 is 10.6 Å². The molecule has 2 aromatic carbocycles. The lowest BCUT2D eigenvalue weighted by Crippen LogP contribution is -2.91. The van der Waals surface area contributed by atoms with Gasteiger partial charge in [-0.3, -0.25) is 4.79 Å². The first kappa shape index (κ1) is 18.7. The molecule has 0 aromatic heterocycles. The van der Waals surface area contributed by atoms with E-state index in [0.29, 0.717) is 5.56 Å². The van der Waals surface area contributed by atoms with Crippen LogP contribution in [0.3, 0.4) is 0 Å². The molecular weight excluding hydrogens is 336 g/mol. The van der Waals surface area contributed by atoms with Gasteiger partial charge >= 0.3 is 0 Å². The van der Waals surface area contributed by atoms with Crippen molar-refractivity contribution in [3.8, 4) is 0 Å². The minimum Gasteiger partial charge on any atom is -0.349 e. The zero-order chi connectivity index (χ0) is 19.1. The molecule has 1 aliphatic heterocycles. The Morgan fingerprint density at radius 3 is 2.48 bits per heavy atom. The van der Waals surface area contributed by atoms with E-state index in [-0.39, 0.29) is 11.9 Å². The average Bonchev–Trinajstić information content (AvgIpc) is 2.73. The Hall–Kier alpha value is -3.05. The van der Waals surface area contributed by atoms with E-state index in [9.17, 15) is 4.79 Å². The molecule has 3 rings (SSSR count). The summed E-state index contributed by atoms with van der Waals surface area (Å²) in [6.07, 6.45) is 5.93. The molecule has 1 heterocycles. The molecule has 0 spiro atoms. The quantitative estimate of drug-likeness (QED) is 0.572. The fraction of sp³-hybridized carbons (Fsp3) is 0.227. The van der Waals surface area contributed by atoms with Gasteiger partial charge in [-0.05, 0) is 49.2 Å². The number of anilines is 1. The highest BCUT2D eigenvalue weighted by Crippen LogP contribution is 2.14. The number of carbonyl (C=O) groups is 1. The van der Waals surface area contributed by atoms with E-state index >= 15 is 0 Å². The van der Waals surface area contributed by atoms with E-state index in [1.807, 2.05) is 54.0 Å². The molecule has 1 amide bonds. The number of carbonyl (C=O) groups excluding carboxylic acids is 1. The fourth-order valence-corrected chi connectivity index (χ4v) is 2.97. The first-order chi connectivity index (χ1) is 13.2. The van der Waals surface area contributed by atoms with Gasteiger partial charge in [0.15, 0.2) is 11.5 Å². The molecule has 0 atom stereocenters. The molecule has 0 fully saturated rings. The lowest BCUT2D eigenvalue weighted by atomic mass is 10.1. The van der Waals surface area contributed by atoms with Crippen molar-refractivity contribution in [1.82, 2.24) is 10.7 Å². The number of benzene rings is 2. The van der Waals surface area contributed by atoms with Gasteiger partial charge in [0.1, 0.15) is 0 Å². The minimum absolute atomic E-state index is 0.0317. The van der Waals surface area contributed by atoms with Crippen molar-refractivity contribution in [2.75, 3.05) is 5.32 Å². The number of nitrogens with one attached hydrogen (secondary N) is 3. The standard InChI is InChI=1S/C22H26N4O/c1-3-18(4-2)24-22(27)17-11-8-12-19(15-17)23-21-14-13-20(25-26-21)16-9-6-5-7-10-16/h5-15,18,23,25-26H,3-4H2,1-2H3,(H,24,27)/p+1. The van der Waals surface area contributed by atoms with Crippen LogP contribution in [0.25, 0.3) is 5.70 Å². The van der Waals surface area contributed by atoms with Gasteiger partial charge in [-0.2, -0.15) is 0 Å². The van der Waals surface area contributed by atoms with Gasteiger partial charge in [0.05, 0.1) is 0 Å². The molecule has 0 saturated carbocycles. The third kappa shape index (κ3) is 4.99. The van der Waals surface area contributed by atoms with E-state index in [1.54, 1.807) is 0 Å². The van der Waals surface area contributed by atoms with Crippen molar-refractivity contribution in [3.63, 3.8) is 0 Å². The summed E-state index contributed by atoms with van der Waals surface area (Å²) in [6.45, 7) is 4.17. The Bertz CT molecular complexity index is 838. The van der Waals surface area contributed by atoms with Crippen LogP contribution >= 0.6 is 0 Å². The van der Waals surface area contributed by atoms with Crippen molar-refractivity contribution in [2.24, 2.45) is 0 Å². The third-order valence-corrected chi connectivity index (χ3v) is 4.64. The third-order valence-electron chi connectivity index (χ3n) is 4.64. The molecule has 1 aliphatic rings. The summed E-state index contributed by atoms with van der Waals surface area (Å²) in [5, 5.41) is 6.40. The molecule has 5 N–H and O–H groups in total. The van der Waals surface area contributed by atoms with E-state index < -0.39 is 0 Å². The van der Waals surface area contributed by atoms with Crippen LogP contribution in [-0.4, -0.2) is 11.9 Å². The number of allylic oxidation sites excluding steroid dienone is 2. The molecule has 0 bridgehead atoms. The summed E-state index contributed by atoms with van der Waals surface area (Å²) >= 11 is 0. The summed E-state index contributed by atoms with van der Waals surface area (Å²) in [7, 11) is 0. The van der Waals surface area contributed by atoms with Gasteiger partial charge in [0, 0.05) is 28.9 Å². The topological polar surface area (TPSA) is 69.8 Å². The van der Waals surface area contributed by atoms with Crippen LogP contribution in [0.4, 0.5) is 5.69 Å². The average molecular weight is 363 g/mol. The maximum atomic E-state index is 12.4. The highest BCUT2D eigenvalue weighted by molar-refractivity contribution is 5.95. The predicted octanol–water partition coefficient (Wildman–Crippen LogP) is 2.98. The van der Waals surface area contributed by atoms with Gasteiger partial charge in [-0.15, -0.1) is 0 Å². The highest BCUT2D eigenvalue weighted by atomic mass is 16.1. The van der Waals surface area contributed by atoms with Gasteiger partial charge in [0.25, 0.3) is 5.91 Å². The summed E-state index contributed by atoms with van der Waals surface area (Å²) in [5.41, 5.74) is 9.07. The second-order valence-corrected chi connectivity index (χ2v) is 6.55. The molecule has 2 aromatic rings. The largest absolute Gasteiger partial charge is 0.349 e. The molecule has 5 heteroatoms. The van der Waals surface area contributed by atoms with Crippen LogP contribution < -0.4 is 21.5 Å². The van der Waals surface area contributed by atoms with E-state index in [1.165, 1.54) is 5.56 Å². The lowest BCUT2D eigenvalue weighted by Gasteiger charge is -2.17. The number of hydrogen-bond acceptors (Lipinski definition) is 3. The zero-order valence-electron chi connectivity index (χ0n) is 15.8. The molecule has 27 heavy (non-hydrogen) atoms. The maximum absolute atomic E-state index is 12.4. The number of rotatable bonds is 7. The SMILES string of the molecule is CCC(CC)NC(=O)c1cccc(NC2=CC=C(c3ccccc3)[NH2+]N2)c1. The predicted molar refractivity (Wildman–Crippen MR) is 109 cm³/mol. The van der Waals surface area contributed by atoms with Crippen molar-refractivity contribution in [3.05, 3.63) is 83.7 Å².